The van der Waals surface area contributed by atoms with Gasteiger partial charge in [0.15, 0.2) is 0 Å². The number of likely N-dealkylation sites (tertiary alicyclic amines) is 1. The first-order valence-corrected chi connectivity index (χ1v) is 15.2. The van der Waals surface area contributed by atoms with E-state index in [1.165, 1.54) is 26.9 Å². The number of carboxylic acid groups (broad SMARTS) is 1. The van der Waals surface area contributed by atoms with E-state index < -0.39 is 12.1 Å². The average molecular weight is 584 g/mol. The molecule has 1 N–H and O–H groups in total. The number of benzene rings is 2. The molecule has 2 aromatic carbocycles. The summed E-state index contributed by atoms with van der Waals surface area (Å²) in [5, 5.41) is 21.6. The zero-order valence-corrected chi connectivity index (χ0v) is 25.6. The standard InChI is InChI=1S/C33H41N7O3/c1-22-7-5-8-23-9-6-10-28(29(22)23)38-14-12-26-27(19-38)35-31(43-20-25-17-33(2,3)21-37(25)4)36-30(26)39-15-16-40(32(41)42)24(18-39)11-13-34/h5-10,24-25H,11-12,14-21H2,1-4H3,(H,41,42)/t24-,25-/m0/s1. The van der Waals surface area contributed by atoms with Gasteiger partial charge in [0.05, 0.1) is 30.8 Å². The quantitative estimate of drug-likeness (QED) is 0.442. The van der Waals surface area contributed by atoms with E-state index in [4.69, 9.17) is 14.7 Å². The van der Waals surface area contributed by atoms with Crippen molar-refractivity contribution in [2.45, 2.75) is 58.7 Å². The summed E-state index contributed by atoms with van der Waals surface area (Å²) in [6, 6.07) is 15.3. The van der Waals surface area contributed by atoms with E-state index >= 15 is 0 Å². The van der Waals surface area contributed by atoms with Crippen LogP contribution >= 0.6 is 0 Å². The summed E-state index contributed by atoms with van der Waals surface area (Å²) < 4.78 is 6.35. The van der Waals surface area contributed by atoms with Gasteiger partial charge in [-0.2, -0.15) is 15.2 Å². The monoisotopic (exact) mass is 583 g/mol. The molecule has 6 rings (SSSR count). The molecule has 0 aliphatic carbocycles. The lowest BCUT2D eigenvalue weighted by molar-refractivity contribution is 0.119. The number of hydrogen-bond donors (Lipinski definition) is 1. The molecule has 0 radical (unpaired) electrons. The number of nitrogens with zero attached hydrogens (tertiary/aromatic N) is 7. The second-order valence-electron chi connectivity index (χ2n) is 13.1. The van der Waals surface area contributed by atoms with Crippen LogP contribution in [0.5, 0.6) is 6.01 Å². The maximum Gasteiger partial charge on any atom is 0.407 e. The zero-order valence-electron chi connectivity index (χ0n) is 25.6. The minimum atomic E-state index is -0.988. The van der Waals surface area contributed by atoms with E-state index in [0.29, 0.717) is 38.8 Å². The number of amides is 1. The van der Waals surface area contributed by atoms with Crippen molar-refractivity contribution >= 4 is 28.4 Å². The van der Waals surface area contributed by atoms with Gasteiger partial charge in [-0.15, -0.1) is 0 Å². The predicted molar refractivity (Wildman–Crippen MR) is 167 cm³/mol. The third kappa shape index (κ3) is 5.78. The summed E-state index contributed by atoms with van der Waals surface area (Å²) in [6.45, 7) is 10.9. The highest BCUT2D eigenvalue weighted by Crippen LogP contribution is 2.37. The van der Waals surface area contributed by atoms with Crippen LogP contribution in [0, 0.1) is 23.7 Å². The number of aryl methyl sites for hydroxylation is 1. The molecule has 3 aromatic rings. The molecule has 4 heterocycles. The normalized spacial score (nSPS) is 22.0. The van der Waals surface area contributed by atoms with E-state index in [-0.39, 0.29) is 17.9 Å². The van der Waals surface area contributed by atoms with Gasteiger partial charge in [-0.3, -0.25) is 4.90 Å². The number of anilines is 2. The first-order chi connectivity index (χ1) is 20.6. The molecular formula is C33H41N7O3. The van der Waals surface area contributed by atoms with Crippen LogP contribution in [0.15, 0.2) is 36.4 Å². The minimum Gasteiger partial charge on any atom is -0.465 e. The van der Waals surface area contributed by atoms with Gasteiger partial charge >= 0.3 is 12.1 Å². The van der Waals surface area contributed by atoms with Crippen LogP contribution in [0.4, 0.5) is 16.3 Å². The molecule has 0 saturated carbocycles. The molecule has 226 valence electrons. The lowest BCUT2D eigenvalue weighted by atomic mass is 9.91. The number of carbonyl (C=O) groups is 1. The van der Waals surface area contributed by atoms with Gasteiger partial charge in [0, 0.05) is 55.4 Å². The second kappa shape index (κ2) is 11.5. The lowest BCUT2D eigenvalue weighted by Gasteiger charge is -2.41. The molecule has 2 atom stereocenters. The Kier molecular flexibility index (Phi) is 7.77. The van der Waals surface area contributed by atoms with Crippen molar-refractivity contribution in [1.29, 1.82) is 5.26 Å². The van der Waals surface area contributed by atoms with Crippen LogP contribution in [-0.2, 0) is 13.0 Å². The number of rotatable bonds is 6. The number of likely N-dealkylation sites (N-methyl/N-ethyl adjacent to an activating group) is 1. The highest BCUT2D eigenvalue weighted by molar-refractivity contribution is 5.97. The Balaban J connectivity index is 1.34. The van der Waals surface area contributed by atoms with Crippen molar-refractivity contribution in [2.24, 2.45) is 5.41 Å². The minimum absolute atomic E-state index is 0.136. The highest BCUT2D eigenvalue weighted by Gasteiger charge is 2.37. The molecule has 0 bridgehead atoms. The molecule has 0 unspecified atom stereocenters. The van der Waals surface area contributed by atoms with Crippen molar-refractivity contribution in [3.8, 4) is 12.1 Å². The van der Waals surface area contributed by atoms with Crippen LogP contribution in [0.25, 0.3) is 10.8 Å². The predicted octanol–water partition coefficient (Wildman–Crippen LogP) is 4.69. The molecule has 3 aliphatic heterocycles. The Morgan fingerprint density at radius 1 is 1.12 bits per heavy atom. The SMILES string of the molecule is Cc1cccc2cccc(N3CCc4c(nc(OC[C@@H]5CC(C)(C)CN5C)nc4N4CCN(C(=O)O)[C@@H](CC#N)C4)C3)c12. The van der Waals surface area contributed by atoms with E-state index in [9.17, 15) is 15.2 Å². The van der Waals surface area contributed by atoms with Crippen molar-refractivity contribution < 1.29 is 14.6 Å². The Bertz CT molecular complexity index is 1560. The average Bonchev–Trinajstić information content (AvgIpc) is 3.25. The molecule has 2 fully saturated rings. The van der Waals surface area contributed by atoms with Crippen LogP contribution in [0.3, 0.4) is 0 Å². The van der Waals surface area contributed by atoms with Gasteiger partial charge in [-0.25, -0.2) is 4.79 Å². The topological polar surface area (TPSA) is 109 Å². The third-order valence-corrected chi connectivity index (χ3v) is 9.30. The number of hydrogen-bond acceptors (Lipinski definition) is 8. The van der Waals surface area contributed by atoms with Crippen molar-refractivity contribution in [1.82, 2.24) is 19.8 Å². The molecule has 1 aromatic heterocycles. The molecule has 10 heteroatoms. The molecule has 2 saturated heterocycles. The van der Waals surface area contributed by atoms with Crippen LogP contribution < -0.4 is 14.5 Å². The fraction of sp³-hybridized carbons (Fsp3) is 0.515. The van der Waals surface area contributed by atoms with Crippen LogP contribution in [-0.4, -0.2) is 89.4 Å². The number of fused-ring (bicyclic) bond motifs is 2. The van der Waals surface area contributed by atoms with Gasteiger partial charge in [0.25, 0.3) is 0 Å². The first-order valence-electron chi connectivity index (χ1n) is 15.2. The molecule has 3 aliphatic rings. The van der Waals surface area contributed by atoms with Gasteiger partial charge in [-0.05, 0) is 49.2 Å². The summed E-state index contributed by atoms with van der Waals surface area (Å²) in [5.41, 5.74) is 4.70. The van der Waals surface area contributed by atoms with E-state index in [1.54, 1.807) is 0 Å². The summed E-state index contributed by atoms with van der Waals surface area (Å²) >= 11 is 0. The Morgan fingerprint density at radius 2 is 1.91 bits per heavy atom. The molecule has 43 heavy (non-hydrogen) atoms. The van der Waals surface area contributed by atoms with Gasteiger partial charge in [-0.1, -0.05) is 44.2 Å². The maximum absolute atomic E-state index is 11.9. The summed E-state index contributed by atoms with van der Waals surface area (Å²) in [7, 11) is 2.14. The third-order valence-electron chi connectivity index (χ3n) is 9.30. The summed E-state index contributed by atoms with van der Waals surface area (Å²) in [6.07, 6.45) is 0.952. The van der Waals surface area contributed by atoms with Crippen LogP contribution in [0.1, 0.15) is 43.5 Å². The van der Waals surface area contributed by atoms with Crippen molar-refractivity contribution in [2.75, 3.05) is 56.2 Å². The van der Waals surface area contributed by atoms with E-state index in [1.807, 2.05) is 0 Å². The number of aromatic nitrogens is 2. The van der Waals surface area contributed by atoms with E-state index in [0.717, 1.165) is 43.0 Å². The largest absolute Gasteiger partial charge is 0.465 e. The van der Waals surface area contributed by atoms with Crippen LogP contribution in [0.2, 0.25) is 0 Å². The van der Waals surface area contributed by atoms with Gasteiger partial charge < -0.3 is 24.5 Å². The van der Waals surface area contributed by atoms with Crippen molar-refractivity contribution in [3.63, 3.8) is 0 Å². The molecule has 1 amide bonds. The summed E-state index contributed by atoms with van der Waals surface area (Å²) in [4.78, 5) is 30.1. The first kappa shape index (κ1) is 29.0. The summed E-state index contributed by atoms with van der Waals surface area (Å²) in [5.74, 6) is 0.807. The molecule has 10 nitrogen and oxygen atoms in total. The highest BCUT2D eigenvalue weighted by atomic mass is 16.5. The smallest absolute Gasteiger partial charge is 0.407 e. The van der Waals surface area contributed by atoms with Gasteiger partial charge in [0.1, 0.15) is 12.4 Å². The lowest BCUT2D eigenvalue weighted by Crippen LogP contribution is -2.55. The zero-order chi connectivity index (χ0) is 30.3. The Labute approximate surface area is 253 Å². The maximum atomic E-state index is 11.9. The molecular weight excluding hydrogens is 542 g/mol. The number of piperazine rings is 1. The Hall–Kier alpha value is -4.10. The Morgan fingerprint density at radius 3 is 2.63 bits per heavy atom. The fourth-order valence-electron chi connectivity index (χ4n) is 7.29. The fourth-order valence-corrected chi connectivity index (χ4v) is 7.29. The van der Waals surface area contributed by atoms with Gasteiger partial charge in [0.2, 0.25) is 0 Å². The second-order valence-corrected chi connectivity index (χ2v) is 13.1. The van der Waals surface area contributed by atoms with E-state index in [2.05, 4.69) is 85.0 Å². The number of ether oxygens (including phenoxy) is 1. The molecule has 0 spiro atoms. The number of nitriles is 1. The van der Waals surface area contributed by atoms with Crippen molar-refractivity contribution in [3.05, 3.63) is 53.2 Å².